The highest BCUT2D eigenvalue weighted by Gasteiger charge is 2.71. The Kier molecular flexibility index (Phi) is 8.89. The van der Waals surface area contributed by atoms with Crippen molar-refractivity contribution in [2.45, 2.75) is 155 Å². The van der Waals surface area contributed by atoms with Gasteiger partial charge in [0.2, 0.25) is 0 Å². The largest absolute Gasteiger partial charge is 0.508 e. The molecule has 1 aromatic rings. The Morgan fingerprint density at radius 3 is 2.34 bits per heavy atom. The van der Waals surface area contributed by atoms with Crippen molar-refractivity contribution in [1.29, 1.82) is 0 Å². The summed E-state index contributed by atoms with van der Waals surface area (Å²) in [7, 11) is 0. The SMILES string of the molecule is C[C@H](O)CN[C@H]1C[C@@]2(C)[C@@H](CCC3=C([C@H](C)C[C@@H](O)[C@@H]4O[C@]4(C)C4CCCC4)C(=O)C[C@@]32C)[C@@]2(C)C[C@@H](c3cccc(O)c3)C(=O)C(C)(C)[C@H]12. The number of carbonyl (C=O) groups excluding carboxylic acids is 2. The number of carbonyl (C=O) groups is 2. The maximum Gasteiger partial charge on any atom is 0.159 e. The minimum atomic E-state index is -0.642. The highest BCUT2D eigenvalue weighted by atomic mass is 16.6. The lowest BCUT2D eigenvalue weighted by molar-refractivity contribution is -0.193. The van der Waals surface area contributed by atoms with Crippen LogP contribution in [0.15, 0.2) is 35.4 Å². The number of phenols is 1. The van der Waals surface area contributed by atoms with Crippen LogP contribution >= 0.6 is 0 Å². The number of Topliss-reactive ketones (excluding diaryl/α,β-unsaturated/α-hetero) is 2. The number of fused-ring (bicyclic) bond motifs is 5. The van der Waals surface area contributed by atoms with Crippen molar-refractivity contribution >= 4 is 11.6 Å². The molecule has 4 N–H and O–H groups in total. The minimum absolute atomic E-state index is 0.0187. The van der Waals surface area contributed by atoms with E-state index in [4.69, 9.17) is 4.74 Å². The molecule has 1 aromatic carbocycles. The number of ketones is 2. The molecule has 0 amide bonds. The van der Waals surface area contributed by atoms with Crippen LogP contribution in [0.2, 0.25) is 0 Å². The van der Waals surface area contributed by atoms with Crippen LogP contribution in [0.25, 0.3) is 0 Å². The van der Waals surface area contributed by atoms with Crippen molar-refractivity contribution in [2.75, 3.05) is 6.54 Å². The van der Waals surface area contributed by atoms with Gasteiger partial charge in [-0.2, -0.15) is 0 Å². The minimum Gasteiger partial charge on any atom is -0.508 e. The first-order valence-corrected chi connectivity index (χ1v) is 19.8. The molecule has 0 aromatic heterocycles. The van der Waals surface area contributed by atoms with Crippen molar-refractivity contribution in [3.63, 3.8) is 0 Å². The molecule has 0 radical (unpaired) electrons. The highest BCUT2D eigenvalue weighted by Crippen LogP contribution is 2.75. The Balaban J connectivity index is 1.24. The van der Waals surface area contributed by atoms with Gasteiger partial charge in [0.05, 0.1) is 17.8 Å². The second-order valence-corrected chi connectivity index (χ2v) is 19.2. The van der Waals surface area contributed by atoms with E-state index in [1.165, 1.54) is 31.3 Å². The Morgan fingerprint density at radius 1 is 0.980 bits per heavy atom. The average Bonchev–Trinajstić information content (AvgIpc) is 3.32. The quantitative estimate of drug-likeness (QED) is 0.202. The summed E-state index contributed by atoms with van der Waals surface area (Å²) in [4.78, 5) is 28.8. The molecule has 7 nitrogen and oxygen atoms in total. The number of hydrogen-bond acceptors (Lipinski definition) is 7. The van der Waals surface area contributed by atoms with Crippen molar-refractivity contribution in [1.82, 2.24) is 5.32 Å². The predicted octanol–water partition coefficient (Wildman–Crippen LogP) is 7.27. The molecule has 12 atom stereocenters. The van der Waals surface area contributed by atoms with Crippen molar-refractivity contribution in [3.8, 4) is 5.75 Å². The van der Waals surface area contributed by atoms with Gasteiger partial charge in [0.1, 0.15) is 17.6 Å². The van der Waals surface area contributed by atoms with E-state index in [0.29, 0.717) is 31.7 Å². The number of aliphatic hydroxyl groups is 2. The fraction of sp³-hybridized carbons (Fsp3) is 0.767. The lowest BCUT2D eigenvalue weighted by atomic mass is 9.34. The highest BCUT2D eigenvalue weighted by molar-refractivity contribution is 6.00. The molecule has 7 rings (SSSR count). The van der Waals surface area contributed by atoms with Gasteiger partial charge in [-0.05, 0) is 117 Å². The van der Waals surface area contributed by atoms with Crippen LogP contribution in [0.3, 0.4) is 0 Å². The van der Waals surface area contributed by atoms with Gasteiger partial charge < -0.3 is 25.4 Å². The summed E-state index contributed by atoms with van der Waals surface area (Å²) in [5.41, 5.74) is 1.42. The van der Waals surface area contributed by atoms with Crippen LogP contribution in [0, 0.1) is 45.3 Å². The molecule has 50 heavy (non-hydrogen) atoms. The van der Waals surface area contributed by atoms with Crippen molar-refractivity contribution in [2.24, 2.45) is 45.3 Å². The molecular formula is C43H63NO6. The number of hydrogen-bond donors (Lipinski definition) is 4. The van der Waals surface area contributed by atoms with Crippen LogP contribution in [-0.4, -0.2) is 63.4 Å². The Labute approximate surface area is 300 Å². The first-order valence-electron chi connectivity index (χ1n) is 19.8. The van der Waals surface area contributed by atoms with Crippen LogP contribution in [0.1, 0.15) is 131 Å². The fourth-order valence-corrected chi connectivity index (χ4v) is 13.6. The monoisotopic (exact) mass is 689 g/mol. The van der Waals surface area contributed by atoms with Gasteiger partial charge in [-0.3, -0.25) is 9.59 Å². The van der Waals surface area contributed by atoms with E-state index in [9.17, 15) is 24.9 Å². The van der Waals surface area contributed by atoms with Gasteiger partial charge in [0, 0.05) is 35.8 Å². The zero-order valence-corrected chi connectivity index (χ0v) is 31.9. The molecule has 1 saturated heterocycles. The summed E-state index contributed by atoms with van der Waals surface area (Å²) in [6.07, 6.45) is 7.91. The predicted molar refractivity (Wildman–Crippen MR) is 195 cm³/mol. The van der Waals surface area contributed by atoms with Gasteiger partial charge >= 0.3 is 0 Å². The van der Waals surface area contributed by atoms with E-state index in [1.54, 1.807) is 19.1 Å². The molecule has 4 saturated carbocycles. The summed E-state index contributed by atoms with van der Waals surface area (Å²) in [5, 5.41) is 36.1. The first-order chi connectivity index (χ1) is 23.4. The van der Waals surface area contributed by atoms with Gasteiger partial charge in [-0.25, -0.2) is 0 Å². The number of aliphatic hydroxyl groups excluding tert-OH is 2. The molecule has 1 aliphatic heterocycles. The summed E-state index contributed by atoms with van der Waals surface area (Å²) >= 11 is 0. The van der Waals surface area contributed by atoms with Crippen LogP contribution in [-0.2, 0) is 14.3 Å². The van der Waals surface area contributed by atoms with Gasteiger partial charge in [0.15, 0.2) is 5.78 Å². The molecule has 0 bridgehead atoms. The zero-order valence-electron chi connectivity index (χ0n) is 31.9. The van der Waals surface area contributed by atoms with Crippen LogP contribution < -0.4 is 5.32 Å². The van der Waals surface area contributed by atoms with Gasteiger partial charge in [-0.15, -0.1) is 0 Å². The van der Waals surface area contributed by atoms with E-state index >= 15 is 0 Å². The molecule has 276 valence electrons. The molecular weight excluding hydrogens is 626 g/mol. The first kappa shape index (κ1) is 36.3. The number of allylic oxidation sites excluding steroid dienone is 2. The number of epoxide rings is 1. The van der Waals surface area contributed by atoms with E-state index < -0.39 is 17.6 Å². The fourth-order valence-electron chi connectivity index (χ4n) is 13.6. The summed E-state index contributed by atoms with van der Waals surface area (Å²) < 4.78 is 6.22. The van der Waals surface area contributed by atoms with E-state index in [0.717, 1.165) is 30.4 Å². The Bertz CT molecular complexity index is 1560. The number of aromatic hydroxyl groups is 1. The number of ether oxygens (including phenoxy) is 1. The Morgan fingerprint density at radius 2 is 1.68 bits per heavy atom. The van der Waals surface area contributed by atoms with Gasteiger partial charge in [-0.1, -0.05) is 72.1 Å². The maximum absolute atomic E-state index is 14.5. The van der Waals surface area contributed by atoms with Crippen LogP contribution in [0.4, 0.5) is 0 Å². The number of phenolic OH excluding ortho intramolecular Hbond substituents is 1. The van der Waals surface area contributed by atoms with E-state index in [-0.39, 0.29) is 75.0 Å². The molecule has 0 spiro atoms. The standard InChI is InChI=1S/C43H63NO6/c1-24(18-32(47)38-43(8,50-38)27-13-9-10-14-27)35-30-16-17-34-40(5)20-29(26-12-11-15-28(46)19-26)37(49)39(3,4)36(40)31(44-23-25(2)45)21-42(34,7)41(30,6)22-33(35)48/h11-12,15,19,24-25,27,29,31-32,34,36,38,44-47H,9-10,13-14,16-18,20-23H2,1-8H3/t24-,25+,29+,31+,32-,34+,36+,38+,40-,41+,42+,43-/m1/s1. The third kappa shape index (κ3) is 5.33. The summed E-state index contributed by atoms with van der Waals surface area (Å²) in [6.45, 7) is 18.0. The Hall–Kier alpha value is -2.06. The normalized spacial score (nSPS) is 42.9. The third-order valence-electron chi connectivity index (χ3n) is 15.9. The van der Waals surface area contributed by atoms with Crippen LogP contribution in [0.5, 0.6) is 5.75 Å². The van der Waals surface area contributed by atoms with E-state index in [1.807, 2.05) is 12.1 Å². The van der Waals surface area contributed by atoms with Crippen molar-refractivity contribution in [3.05, 3.63) is 41.0 Å². The summed E-state index contributed by atoms with van der Waals surface area (Å²) in [5.74, 6) is 1.08. The molecule has 6 aliphatic rings. The molecule has 0 unspecified atom stereocenters. The van der Waals surface area contributed by atoms with E-state index in [2.05, 4.69) is 53.8 Å². The summed E-state index contributed by atoms with van der Waals surface area (Å²) in [6, 6.07) is 7.23. The molecule has 5 aliphatic carbocycles. The van der Waals surface area contributed by atoms with Crippen molar-refractivity contribution < 1.29 is 29.6 Å². The topological polar surface area (TPSA) is 119 Å². The number of nitrogens with one attached hydrogen (secondary N) is 1. The third-order valence-corrected chi connectivity index (χ3v) is 15.9. The molecule has 1 heterocycles. The van der Waals surface area contributed by atoms with Gasteiger partial charge in [0.25, 0.3) is 0 Å². The second-order valence-electron chi connectivity index (χ2n) is 19.2. The average molecular weight is 690 g/mol. The number of benzene rings is 1. The lowest BCUT2D eigenvalue weighted by Gasteiger charge is -2.70. The molecule has 5 fully saturated rings. The second kappa shape index (κ2) is 12.2. The number of rotatable bonds is 9. The zero-order chi connectivity index (χ0) is 36.2. The maximum atomic E-state index is 14.5. The molecule has 7 heteroatoms. The lowest BCUT2D eigenvalue weighted by Crippen LogP contribution is -2.69. The smallest absolute Gasteiger partial charge is 0.159 e.